The summed E-state index contributed by atoms with van der Waals surface area (Å²) in [6, 6.07) is 4.18. The van der Waals surface area contributed by atoms with E-state index in [9.17, 15) is 19.1 Å². The van der Waals surface area contributed by atoms with Crippen LogP contribution in [0.25, 0.3) is 0 Å². The van der Waals surface area contributed by atoms with Gasteiger partial charge in [-0.25, -0.2) is 4.79 Å². The quantitative estimate of drug-likeness (QED) is 0.429. The van der Waals surface area contributed by atoms with Gasteiger partial charge in [-0.1, -0.05) is 13.8 Å². The molecule has 0 bridgehead atoms. The van der Waals surface area contributed by atoms with Crippen LogP contribution in [0.5, 0.6) is 0 Å². The van der Waals surface area contributed by atoms with Crippen LogP contribution < -0.4 is 10.6 Å². The predicted octanol–water partition coefficient (Wildman–Crippen LogP) is 2.95. The van der Waals surface area contributed by atoms with Crippen molar-refractivity contribution < 1.29 is 18.7 Å². The Bertz CT molecular complexity index is 651. The molecule has 1 aromatic rings. The summed E-state index contributed by atoms with van der Waals surface area (Å²) in [7, 11) is -1.30. The van der Waals surface area contributed by atoms with Crippen molar-refractivity contribution in [2.45, 2.75) is 31.6 Å². The maximum absolute atomic E-state index is 12.0. The Morgan fingerprint density at radius 3 is 2.67 bits per heavy atom. The third kappa shape index (κ3) is 6.20. The van der Waals surface area contributed by atoms with Gasteiger partial charge in [-0.2, -0.15) is 0 Å². The fourth-order valence-electron chi connectivity index (χ4n) is 1.69. The van der Waals surface area contributed by atoms with Crippen molar-refractivity contribution in [1.29, 1.82) is 0 Å². The topological polar surface area (TPSA) is 111 Å². The van der Waals surface area contributed by atoms with Crippen LogP contribution in [0.3, 0.4) is 0 Å². The first-order chi connectivity index (χ1) is 11.4. The molecule has 0 saturated heterocycles. The number of alkyl carbamates (subject to hydrolysis) is 1. The Morgan fingerprint density at radius 2 is 2.08 bits per heavy atom. The molecular formula is C14H19N3O5S2. The first-order valence-electron chi connectivity index (χ1n) is 7.30. The van der Waals surface area contributed by atoms with E-state index in [0.717, 1.165) is 0 Å². The minimum absolute atomic E-state index is 0.0954. The molecule has 0 aliphatic heterocycles. The number of carbonyl (C=O) groups is 1. The van der Waals surface area contributed by atoms with Crippen molar-refractivity contribution in [3.63, 3.8) is 0 Å². The van der Waals surface area contributed by atoms with Crippen molar-refractivity contribution in [3.8, 4) is 0 Å². The summed E-state index contributed by atoms with van der Waals surface area (Å²) in [5, 5.41) is 15.9. The molecule has 1 rings (SSSR count). The van der Waals surface area contributed by atoms with Crippen molar-refractivity contribution >= 4 is 45.6 Å². The van der Waals surface area contributed by atoms with E-state index in [1.165, 1.54) is 18.2 Å². The Labute approximate surface area is 147 Å². The normalized spacial score (nSPS) is 11.4. The molecule has 0 radical (unpaired) electrons. The number of hydrogen-bond donors (Lipinski definition) is 2. The summed E-state index contributed by atoms with van der Waals surface area (Å²) in [6.07, 6.45) is 0.627. The van der Waals surface area contributed by atoms with Gasteiger partial charge in [0, 0.05) is 16.7 Å². The summed E-state index contributed by atoms with van der Waals surface area (Å²) < 4.78 is 16.8. The number of nitro benzene ring substituents is 1. The first kappa shape index (κ1) is 20.0. The highest BCUT2D eigenvalue weighted by Crippen LogP contribution is 2.27. The lowest BCUT2D eigenvalue weighted by atomic mass is 10.2. The molecular weight excluding hydrogens is 354 g/mol. The number of benzene rings is 1. The van der Waals surface area contributed by atoms with Gasteiger partial charge >= 0.3 is 6.09 Å². The van der Waals surface area contributed by atoms with Crippen LogP contribution in [0.1, 0.15) is 26.7 Å². The molecule has 1 amide bonds. The maximum atomic E-state index is 12.0. The van der Waals surface area contributed by atoms with Gasteiger partial charge in [0.15, 0.2) is 5.11 Å². The molecule has 0 spiro atoms. The molecule has 0 heterocycles. The third-order valence-electron chi connectivity index (χ3n) is 2.72. The van der Waals surface area contributed by atoms with E-state index in [2.05, 4.69) is 10.6 Å². The van der Waals surface area contributed by atoms with Gasteiger partial charge in [0.1, 0.15) is 5.69 Å². The van der Waals surface area contributed by atoms with Crippen molar-refractivity contribution in [1.82, 2.24) is 5.32 Å². The molecule has 0 saturated carbocycles. The molecule has 10 heteroatoms. The Hall–Kier alpha value is -2.07. The number of thiocarbonyl (C=S) groups is 1. The number of rotatable bonds is 7. The highest BCUT2D eigenvalue weighted by molar-refractivity contribution is 7.85. The molecule has 1 atom stereocenters. The van der Waals surface area contributed by atoms with Crippen molar-refractivity contribution in [2.75, 3.05) is 17.7 Å². The monoisotopic (exact) mass is 373 g/mol. The van der Waals surface area contributed by atoms with Crippen LogP contribution in [0.15, 0.2) is 23.1 Å². The van der Waals surface area contributed by atoms with Crippen LogP contribution in [-0.4, -0.2) is 32.7 Å². The molecule has 1 unspecified atom stereocenters. The fraction of sp³-hybridized carbons (Fsp3) is 0.429. The van der Waals surface area contributed by atoms with Gasteiger partial charge in [-0.3, -0.25) is 19.6 Å². The van der Waals surface area contributed by atoms with Crippen LogP contribution >= 0.6 is 12.2 Å². The predicted molar refractivity (Wildman–Crippen MR) is 95.7 cm³/mol. The highest BCUT2D eigenvalue weighted by Gasteiger charge is 2.18. The molecule has 8 nitrogen and oxygen atoms in total. The van der Waals surface area contributed by atoms with Gasteiger partial charge in [-0.05, 0) is 37.2 Å². The number of hydrogen-bond acceptors (Lipinski definition) is 6. The second-order valence-corrected chi connectivity index (χ2v) is 6.68. The standard InChI is InChI=1S/C14H19N3O5S2/c1-3-7-22-14(18)16-13(23)15-11-6-5-10(24(21)8-4-2)9-12(11)17(19)20/h5-6,9H,3-4,7-8H2,1-2H3,(H2,15,16,18,23). The molecule has 132 valence electrons. The number of nitrogens with one attached hydrogen (secondary N) is 2. The summed E-state index contributed by atoms with van der Waals surface area (Å²) in [5.74, 6) is 0.424. The van der Waals surface area contributed by atoms with E-state index in [-0.39, 0.29) is 23.1 Å². The molecule has 2 N–H and O–H groups in total. The van der Waals surface area contributed by atoms with Crippen molar-refractivity contribution in [2.24, 2.45) is 0 Å². The van der Waals surface area contributed by atoms with Gasteiger partial charge in [0.2, 0.25) is 0 Å². The molecule has 0 fully saturated rings. The first-order valence-corrected chi connectivity index (χ1v) is 9.03. The second kappa shape index (κ2) is 9.93. The summed E-state index contributed by atoms with van der Waals surface area (Å²) in [5.41, 5.74) is -0.180. The Kier molecular flexibility index (Phi) is 8.27. The number of ether oxygens (including phenoxy) is 1. The fourth-order valence-corrected chi connectivity index (χ4v) is 2.95. The Balaban J connectivity index is 2.87. The summed E-state index contributed by atoms with van der Waals surface area (Å²) in [6.45, 7) is 3.97. The minimum atomic E-state index is -1.30. The van der Waals surface area contributed by atoms with E-state index in [1.54, 1.807) is 0 Å². The van der Waals surface area contributed by atoms with E-state index in [0.29, 0.717) is 23.5 Å². The lowest BCUT2D eigenvalue weighted by Gasteiger charge is -2.11. The third-order valence-corrected chi connectivity index (χ3v) is 4.48. The van der Waals surface area contributed by atoms with Gasteiger partial charge in [0.25, 0.3) is 5.69 Å². The molecule has 0 aromatic heterocycles. The highest BCUT2D eigenvalue weighted by atomic mass is 32.2. The zero-order chi connectivity index (χ0) is 18.1. The van der Waals surface area contributed by atoms with E-state index in [1.807, 2.05) is 13.8 Å². The lowest BCUT2D eigenvalue weighted by Crippen LogP contribution is -2.34. The number of anilines is 1. The largest absolute Gasteiger partial charge is 0.449 e. The van der Waals surface area contributed by atoms with Crippen LogP contribution in [0.2, 0.25) is 0 Å². The van der Waals surface area contributed by atoms with Crippen LogP contribution in [0, 0.1) is 10.1 Å². The van der Waals surface area contributed by atoms with E-state index < -0.39 is 21.8 Å². The van der Waals surface area contributed by atoms with E-state index >= 15 is 0 Å². The molecule has 24 heavy (non-hydrogen) atoms. The zero-order valence-corrected chi connectivity index (χ0v) is 15.0. The maximum Gasteiger partial charge on any atom is 0.413 e. The molecule has 0 aliphatic carbocycles. The number of amides is 1. The SMILES string of the molecule is CCCOC(=O)NC(=S)Nc1ccc(S(=O)CCC)cc1[N+](=O)[O-]. The zero-order valence-electron chi connectivity index (χ0n) is 13.4. The summed E-state index contributed by atoms with van der Waals surface area (Å²) >= 11 is 4.93. The lowest BCUT2D eigenvalue weighted by molar-refractivity contribution is -0.384. The van der Waals surface area contributed by atoms with Crippen LogP contribution in [0.4, 0.5) is 16.2 Å². The van der Waals surface area contributed by atoms with E-state index in [4.69, 9.17) is 17.0 Å². The molecule has 0 aliphatic rings. The van der Waals surface area contributed by atoms with Gasteiger partial charge in [-0.15, -0.1) is 0 Å². The summed E-state index contributed by atoms with van der Waals surface area (Å²) in [4.78, 5) is 22.4. The smallest absolute Gasteiger partial charge is 0.413 e. The Morgan fingerprint density at radius 1 is 1.38 bits per heavy atom. The van der Waals surface area contributed by atoms with Crippen molar-refractivity contribution in [3.05, 3.63) is 28.3 Å². The number of carbonyl (C=O) groups excluding carboxylic acids is 1. The molecule has 1 aromatic carbocycles. The van der Waals surface area contributed by atoms with Gasteiger partial charge < -0.3 is 10.1 Å². The average Bonchev–Trinajstić information content (AvgIpc) is 2.53. The number of nitrogens with zero attached hydrogens (tertiary/aromatic N) is 1. The minimum Gasteiger partial charge on any atom is -0.449 e. The van der Waals surface area contributed by atoms with Crippen LogP contribution in [-0.2, 0) is 15.5 Å². The average molecular weight is 373 g/mol. The second-order valence-electron chi connectivity index (χ2n) is 4.70. The number of nitro groups is 1. The van der Waals surface area contributed by atoms with Gasteiger partial charge in [0.05, 0.1) is 22.3 Å².